The van der Waals surface area contributed by atoms with E-state index in [2.05, 4.69) is 14.8 Å². The summed E-state index contributed by atoms with van der Waals surface area (Å²) < 4.78 is 82.6. The van der Waals surface area contributed by atoms with Gasteiger partial charge in [-0.3, -0.25) is 4.79 Å². The number of benzene rings is 1. The van der Waals surface area contributed by atoms with E-state index in [1.54, 1.807) is 6.92 Å². The lowest BCUT2D eigenvalue weighted by Gasteiger charge is -2.15. The molecule has 0 fully saturated rings. The van der Waals surface area contributed by atoms with Gasteiger partial charge in [0.05, 0.1) is 5.56 Å². The zero-order valence-corrected chi connectivity index (χ0v) is 14.9. The predicted octanol–water partition coefficient (Wildman–Crippen LogP) is 3.46. The van der Waals surface area contributed by atoms with Gasteiger partial charge in [-0.1, -0.05) is 0 Å². The van der Waals surface area contributed by atoms with Crippen LogP contribution in [0.3, 0.4) is 0 Å². The Balaban J connectivity index is 0.00000676. The van der Waals surface area contributed by atoms with Crippen LogP contribution in [0.15, 0.2) is 18.2 Å². The predicted molar refractivity (Wildman–Crippen MR) is 87.4 cm³/mol. The van der Waals surface area contributed by atoms with Crippen LogP contribution in [-0.4, -0.2) is 44.1 Å². The number of nitrogens with one attached hydrogen (secondary N) is 1. The lowest BCUT2D eigenvalue weighted by molar-refractivity contribution is -0.154. The fraction of sp³-hybridized carbons (Fsp3) is 0.533. The molecule has 1 aromatic rings. The van der Waals surface area contributed by atoms with Gasteiger partial charge in [0.1, 0.15) is 11.5 Å². The Kier molecular flexibility index (Phi) is 9.73. The summed E-state index contributed by atoms with van der Waals surface area (Å²) in [6.45, 7) is -1.45. The number of nitrogens with two attached hydrogens (primary N) is 1. The summed E-state index contributed by atoms with van der Waals surface area (Å²) in [5, 5.41) is 2.41. The number of hydrogen-bond donors (Lipinski definition) is 2. The molecule has 27 heavy (non-hydrogen) atoms. The fourth-order valence-electron chi connectivity index (χ4n) is 1.74. The van der Waals surface area contributed by atoms with Crippen LogP contribution in [0, 0.1) is 0 Å². The Morgan fingerprint density at radius 2 is 1.67 bits per heavy atom. The molecule has 5 nitrogen and oxygen atoms in total. The number of amides is 1. The minimum absolute atomic E-state index is 0. The van der Waals surface area contributed by atoms with Crippen LogP contribution < -0.4 is 20.5 Å². The van der Waals surface area contributed by atoms with Crippen molar-refractivity contribution in [2.45, 2.75) is 31.7 Å². The van der Waals surface area contributed by atoms with Crippen molar-refractivity contribution < 1.29 is 40.6 Å². The van der Waals surface area contributed by atoms with Gasteiger partial charge in [0.15, 0.2) is 13.2 Å². The average Bonchev–Trinajstić information content (AvgIpc) is 2.49. The minimum atomic E-state index is -4.64. The molecule has 0 aromatic heterocycles. The largest absolute Gasteiger partial charge is 0.484 e. The van der Waals surface area contributed by atoms with E-state index < -0.39 is 37.2 Å². The number of ether oxygens (including phenoxy) is 2. The maximum Gasteiger partial charge on any atom is 0.422 e. The molecule has 1 unspecified atom stereocenters. The van der Waals surface area contributed by atoms with Gasteiger partial charge in [-0.2, -0.15) is 26.3 Å². The van der Waals surface area contributed by atoms with Crippen LogP contribution in [0.5, 0.6) is 11.5 Å². The first kappa shape index (κ1) is 25.1. The number of alkyl halides is 6. The Morgan fingerprint density at radius 3 is 2.19 bits per heavy atom. The monoisotopic (exact) mass is 424 g/mol. The van der Waals surface area contributed by atoms with E-state index in [9.17, 15) is 31.1 Å². The third-order valence-corrected chi connectivity index (χ3v) is 2.87. The normalized spacial score (nSPS) is 12.7. The van der Waals surface area contributed by atoms with Crippen molar-refractivity contribution in [2.75, 3.05) is 19.8 Å². The topological polar surface area (TPSA) is 73.6 Å². The number of carbonyl (C=O) groups excluding carboxylic acids is 1. The van der Waals surface area contributed by atoms with Gasteiger partial charge < -0.3 is 20.5 Å². The fourth-order valence-corrected chi connectivity index (χ4v) is 1.74. The summed E-state index contributed by atoms with van der Waals surface area (Å²) in [5.74, 6) is -1.58. The SMILES string of the molecule is CC(N)CCNC(=O)c1cc(OCC(F)(F)F)ccc1OCC(F)(F)F.Cl. The molecule has 1 amide bonds. The highest BCUT2D eigenvalue weighted by Crippen LogP contribution is 2.27. The summed E-state index contributed by atoms with van der Waals surface area (Å²) in [6, 6.07) is 2.59. The molecule has 1 aromatic carbocycles. The van der Waals surface area contributed by atoms with E-state index in [4.69, 9.17) is 5.73 Å². The summed E-state index contributed by atoms with van der Waals surface area (Å²) in [4.78, 5) is 12.1. The van der Waals surface area contributed by atoms with E-state index >= 15 is 0 Å². The van der Waals surface area contributed by atoms with Crippen molar-refractivity contribution in [1.82, 2.24) is 5.32 Å². The highest BCUT2D eigenvalue weighted by molar-refractivity contribution is 5.97. The van der Waals surface area contributed by atoms with Crippen molar-refractivity contribution in [3.63, 3.8) is 0 Å². The van der Waals surface area contributed by atoms with Crippen molar-refractivity contribution in [1.29, 1.82) is 0 Å². The Labute approximate surface area is 157 Å². The second kappa shape index (κ2) is 10.5. The molecule has 156 valence electrons. The standard InChI is InChI=1S/C15H18F6N2O3.ClH/c1-9(22)4-5-23-13(24)11-6-10(25-7-14(16,17)18)2-3-12(11)26-8-15(19,20)21;/h2-3,6,9H,4-5,7-8,22H2,1H3,(H,23,24);1H. The molecule has 1 rings (SSSR count). The van der Waals surface area contributed by atoms with Crippen molar-refractivity contribution in [3.05, 3.63) is 23.8 Å². The zero-order valence-electron chi connectivity index (χ0n) is 14.1. The average molecular weight is 425 g/mol. The lowest BCUT2D eigenvalue weighted by Crippen LogP contribution is -2.29. The van der Waals surface area contributed by atoms with Crippen molar-refractivity contribution in [2.24, 2.45) is 5.73 Å². The van der Waals surface area contributed by atoms with Crippen LogP contribution in [0.4, 0.5) is 26.3 Å². The van der Waals surface area contributed by atoms with Crippen LogP contribution >= 0.6 is 12.4 Å². The highest BCUT2D eigenvalue weighted by atomic mass is 35.5. The van der Waals surface area contributed by atoms with Gasteiger partial charge in [0.25, 0.3) is 5.91 Å². The Morgan fingerprint density at radius 1 is 1.11 bits per heavy atom. The van der Waals surface area contributed by atoms with Gasteiger partial charge >= 0.3 is 12.4 Å². The maximum atomic E-state index is 12.3. The maximum absolute atomic E-state index is 12.3. The van der Waals surface area contributed by atoms with Gasteiger partial charge in [-0.25, -0.2) is 0 Å². The second-order valence-electron chi connectivity index (χ2n) is 5.49. The van der Waals surface area contributed by atoms with Crippen molar-refractivity contribution in [3.8, 4) is 11.5 Å². The summed E-state index contributed by atoms with van der Waals surface area (Å²) in [7, 11) is 0. The van der Waals surface area contributed by atoms with Crippen molar-refractivity contribution >= 4 is 18.3 Å². The molecule has 0 saturated heterocycles. The van der Waals surface area contributed by atoms with E-state index in [0.29, 0.717) is 6.42 Å². The van der Waals surface area contributed by atoms with Crippen LogP contribution in [0.25, 0.3) is 0 Å². The number of hydrogen-bond acceptors (Lipinski definition) is 4. The number of carbonyl (C=O) groups is 1. The third kappa shape index (κ3) is 10.8. The molecule has 0 saturated carbocycles. The molecule has 12 heteroatoms. The first-order chi connectivity index (χ1) is 11.9. The minimum Gasteiger partial charge on any atom is -0.484 e. The lowest BCUT2D eigenvalue weighted by atomic mass is 10.1. The van der Waals surface area contributed by atoms with E-state index in [-0.39, 0.29) is 36.3 Å². The van der Waals surface area contributed by atoms with E-state index in [0.717, 1.165) is 18.2 Å². The Bertz CT molecular complexity index is 608. The molecule has 0 bridgehead atoms. The molecule has 0 radical (unpaired) electrons. The summed E-state index contributed by atoms with van der Waals surface area (Å²) in [5.41, 5.74) is 5.14. The Hall–Kier alpha value is -1.88. The van der Waals surface area contributed by atoms with Crippen LogP contribution in [0.1, 0.15) is 23.7 Å². The second-order valence-corrected chi connectivity index (χ2v) is 5.49. The molecular formula is C15H19ClF6N2O3. The van der Waals surface area contributed by atoms with Gasteiger partial charge in [-0.05, 0) is 31.5 Å². The molecule has 0 aliphatic rings. The van der Waals surface area contributed by atoms with Gasteiger partial charge in [0, 0.05) is 12.6 Å². The first-order valence-corrected chi connectivity index (χ1v) is 7.44. The molecule has 1 atom stereocenters. The van der Waals surface area contributed by atoms with Crippen LogP contribution in [0.2, 0.25) is 0 Å². The van der Waals surface area contributed by atoms with Gasteiger partial charge in [0.2, 0.25) is 0 Å². The van der Waals surface area contributed by atoms with E-state index in [1.807, 2.05) is 0 Å². The van der Waals surface area contributed by atoms with Gasteiger partial charge in [-0.15, -0.1) is 12.4 Å². The molecule has 0 aliphatic carbocycles. The molecule has 3 N–H and O–H groups in total. The zero-order chi connectivity index (χ0) is 20.0. The quantitative estimate of drug-likeness (QED) is 0.627. The smallest absolute Gasteiger partial charge is 0.422 e. The first-order valence-electron chi connectivity index (χ1n) is 7.44. The number of rotatable bonds is 8. The number of halogens is 7. The molecule has 0 heterocycles. The summed E-state index contributed by atoms with van der Waals surface area (Å²) in [6.07, 6.45) is -8.85. The highest BCUT2D eigenvalue weighted by Gasteiger charge is 2.30. The molecule has 0 aliphatic heterocycles. The molecule has 0 spiro atoms. The molecular weight excluding hydrogens is 406 g/mol. The summed E-state index contributed by atoms with van der Waals surface area (Å²) >= 11 is 0. The third-order valence-electron chi connectivity index (χ3n) is 2.87. The van der Waals surface area contributed by atoms with E-state index in [1.165, 1.54) is 0 Å². The van der Waals surface area contributed by atoms with Crippen LogP contribution in [-0.2, 0) is 0 Å².